The molecule has 3 aromatic rings. The summed E-state index contributed by atoms with van der Waals surface area (Å²) < 4.78 is 5.54. The number of fused-ring (bicyclic) bond motifs is 2. The first-order chi connectivity index (χ1) is 11.6. The molecule has 1 atom stereocenters. The molecule has 4 rings (SSSR count). The number of hydrogen-bond donors (Lipinski definition) is 2. The Morgan fingerprint density at radius 3 is 3.12 bits per heavy atom. The SMILES string of the molecule is Cc1ccc2nc3sc(C(=O)NC[C@@H]4CCCO4)c(N)c3cc2c1. The van der Waals surface area contributed by atoms with E-state index in [4.69, 9.17) is 10.5 Å². The highest BCUT2D eigenvalue weighted by Gasteiger charge is 2.20. The number of nitrogen functional groups attached to an aromatic ring is 1. The van der Waals surface area contributed by atoms with Gasteiger partial charge in [0.2, 0.25) is 0 Å². The second kappa shape index (κ2) is 6.03. The summed E-state index contributed by atoms with van der Waals surface area (Å²) >= 11 is 1.34. The molecule has 0 radical (unpaired) electrons. The van der Waals surface area contributed by atoms with Crippen LogP contribution in [0.25, 0.3) is 21.1 Å². The zero-order valence-corrected chi connectivity index (χ0v) is 14.3. The number of benzene rings is 1. The molecule has 3 N–H and O–H groups in total. The third kappa shape index (κ3) is 2.72. The van der Waals surface area contributed by atoms with Gasteiger partial charge >= 0.3 is 0 Å². The van der Waals surface area contributed by atoms with Crippen LogP contribution in [0.15, 0.2) is 24.3 Å². The quantitative estimate of drug-likeness (QED) is 0.766. The van der Waals surface area contributed by atoms with Gasteiger partial charge in [0.1, 0.15) is 9.71 Å². The minimum atomic E-state index is -0.147. The summed E-state index contributed by atoms with van der Waals surface area (Å²) in [6.45, 7) is 3.35. The maximum atomic E-state index is 12.5. The van der Waals surface area contributed by atoms with Crippen LogP contribution in [0, 0.1) is 6.92 Å². The number of ether oxygens (including phenoxy) is 1. The van der Waals surface area contributed by atoms with E-state index in [0.717, 1.165) is 40.6 Å². The number of rotatable bonds is 3. The predicted octanol–water partition coefficient (Wildman–Crippen LogP) is 3.25. The highest BCUT2D eigenvalue weighted by Crippen LogP contribution is 2.34. The van der Waals surface area contributed by atoms with Gasteiger partial charge in [0.15, 0.2) is 0 Å². The minimum Gasteiger partial charge on any atom is -0.397 e. The van der Waals surface area contributed by atoms with Crippen LogP contribution in [0.4, 0.5) is 5.69 Å². The molecule has 24 heavy (non-hydrogen) atoms. The summed E-state index contributed by atoms with van der Waals surface area (Å²) in [4.78, 5) is 18.5. The first kappa shape index (κ1) is 15.4. The number of pyridine rings is 1. The van der Waals surface area contributed by atoms with E-state index in [-0.39, 0.29) is 12.0 Å². The van der Waals surface area contributed by atoms with E-state index in [9.17, 15) is 4.79 Å². The molecule has 2 aromatic heterocycles. The van der Waals surface area contributed by atoms with Crippen LogP contribution in [-0.4, -0.2) is 30.1 Å². The molecule has 1 amide bonds. The topological polar surface area (TPSA) is 77.2 Å². The molecule has 1 aromatic carbocycles. The van der Waals surface area contributed by atoms with Crippen molar-refractivity contribution in [3.63, 3.8) is 0 Å². The number of hydrogen-bond acceptors (Lipinski definition) is 5. The van der Waals surface area contributed by atoms with Crippen LogP contribution >= 0.6 is 11.3 Å². The van der Waals surface area contributed by atoms with Gasteiger partial charge in [0, 0.05) is 23.9 Å². The molecule has 124 valence electrons. The molecule has 1 fully saturated rings. The average molecular weight is 341 g/mol. The molecular formula is C18H19N3O2S. The van der Waals surface area contributed by atoms with Crippen LogP contribution < -0.4 is 11.1 Å². The van der Waals surface area contributed by atoms with E-state index in [2.05, 4.69) is 16.4 Å². The molecule has 3 heterocycles. The van der Waals surface area contributed by atoms with Crippen molar-refractivity contribution in [1.29, 1.82) is 0 Å². The second-order valence-electron chi connectivity index (χ2n) is 6.23. The summed E-state index contributed by atoms with van der Waals surface area (Å²) in [5.41, 5.74) is 8.83. The van der Waals surface area contributed by atoms with Crippen LogP contribution in [-0.2, 0) is 4.74 Å². The van der Waals surface area contributed by atoms with Gasteiger partial charge in [-0.2, -0.15) is 0 Å². The monoisotopic (exact) mass is 341 g/mol. The van der Waals surface area contributed by atoms with E-state index in [0.29, 0.717) is 17.1 Å². The van der Waals surface area contributed by atoms with Crippen LogP contribution in [0.5, 0.6) is 0 Å². The van der Waals surface area contributed by atoms with Crippen LogP contribution in [0.2, 0.25) is 0 Å². The fourth-order valence-electron chi connectivity index (χ4n) is 3.08. The number of aromatic nitrogens is 1. The fraction of sp³-hybridized carbons (Fsp3) is 0.333. The van der Waals surface area contributed by atoms with Crippen molar-refractivity contribution in [2.75, 3.05) is 18.9 Å². The molecule has 0 aliphatic carbocycles. The molecule has 1 saturated heterocycles. The molecule has 0 spiro atoms. The Hall–Kier alpha value is -2.18. The van der Waals surface area contributed by atoms with Gasteiger partial charge in [-0.05, 0) is 38.0 Å². The number of carbonyl (C=O) groups excluding carboxylic acids is 1. The lowest BCUT2D eigenvalue weighted by Crippen LogP contribution is -2.31. The van der Waals surface area contributed by atoms with Gasteiger partial charge in [0.25, 0.3) is 5.91 Å². The Kier molecular flexibility index (Phi) is 3.86. The van der Waals surface area contributed by atoms with Crippen molar-refractivity contribution in [2.24, 2.45) is 0 Å². The number of thiophene rings is 1. The molecule has 0 bridgehead atoms. The van der Waals surface area contributed by atoms with Gasteiger partial charge in [-0.3, -0.25) is 4.79 Å². The predicted molar refractivity (Wildman–Crippen MR) is 97.6 cm³/mol. The number of carbonyl (C=O) groups is 1. The summed E-state index contributed by atoms with van der Waals surface area (Å²) in [6.07, 6.45) is 2.17. The Bertz CT molecular complexity index is 929. The van der Waals surface area contributed by atoms with Crippen molar-refractivity contribution in [3.05, 3.63) is 34.7 Å². The molecule has 1 aliphatic heterocycles. The lowest BCUT2D eigenvalue weighted by atomic mass is 10.1. The largest absolute Gasteiger partial charge is 0.397 e. The lowest BCUT2D eigenvalue weighted by Gasteiger charge is -2.10. The average Bonchev–Trinajstić information content (AvgIpc) is 3.19. The van der Waals surface area contributed by atoms with E-state index < -0.39 is 0 Å². The molecule has 0 saturated carbocycles. The first-order valence-electron chi connectivity index (χ1n) is 8.11. The van der Waals surface area contributed by atoms with E-state index >= 15 is 0 Å². The van der Waals surface area contributed by atoms with Crippen molar-refractivity contribution in [2.45, 2.75) is 25.9 Å². The highest BCUT2D eigenvalue weighted by molar-refractivity contribution is 7.21. The lowest BCUT2D eigenvalue weighted by molar-refractivity contribution is 0.0862. The van der Waals surface area contributed by atoms with Gasteiger partial charge < -0.3 is 15.8 Å². The molecule has 1 aliphatic rings. The van der Waals surface area contributed by atoms with Gasteiger partial charge in [-0.25, -0.2) is 4.98 Å². The number of amides is 1. The molecule has 6 heteroatoms. The molecule has 0 unspecified atom stereocenters. The third-order valence-electron chi connectivity index (χ3n) is 4.39. The summed E-state index contributed by atoms with van der Waals surface area (Å²) in [5.74, 6) is -0.147. The smallest absolute Gasteiger partial charge is 0.263 e. The van der Waals surface area contributed by atoms with Crippen molar-refractivity contribution >= 4 is 44.1 Å². The van der Waals surface area contributed by atoms with Crippen molar-refractivity contribution in [1.82, 2.24) is 10.3 Å². The number of nitrogens with zero attached hydrogens (tertiary/aromatic N) is 1. The second-order valence-corrected chi connectivity index (χ2v) is 7.23. The number of anilines is 1. The first-order valence-corrected chi connectivity index (χ1v) is 8.92. The van der Waals surface area contributed by atoms with E-state index in [1.807, 2.05) is 25.1 Å². The summed E-state index contributed by atoms with van der Waals surface area (Å²) in [7, 11) is 0. The minimum absolute atomic E-state index is 0.119. The Labute approximate surface area is 143 Å². The highest BCUT2D eigenvalue weighted by atomic mass is 32.1. The van der Waals surface area contributed by atoms with Gasteiger partial charge in [0.05, 0.1) is 17.3 Å². The van der Waals surface area contributed by atoms with Crippen LogP contribution in [0.3, 0.4) is 0 Å². The van der Waals surface area contributed by atoms with Crippen molar-refractivity contribution in [3.8, 4) is 0 Å². The summed E-state index contributed by atoms with van der Waals surface area (Å²) in [5, 5.41) is 4.82. The Morgan fingerprint density at radius 2 is 2.33 bits per heavy atom. The number of nitrogens with two attached hydrogens (primary N) is 1. The maximum Gasteiger partial charge on any atom is 0.263 e. The normalized spacial score (nSPS) is 17.6. The standard InChI is InChI=1S/C18H19N3O2S/c1-10-4-5-14-11(7-10)8-13-15(19)16(24-18(13)21-14)17(22)20-9-12-3-2-6-23-12/h4-5,7-8,12H,2-3,6,9,19H2,1H3,(H,20,22)/t12-/m0/s1. The molecule has 5 nitrogen and oxygen atoms in total. The fourth-order valence-corrected chi connectivity index (χ4v) is 4.08. The number of nitrogens with one attached hydrogen (secondary N) is 1. The Balaban J connectivity index is 1.66. The van der Waals surface area contributed by atoms with Crippen molar-refractivity contribution < 1.29 is 9.53 Å². The van der Waals surface area contributed by atoms with Gasteiger partial charge in [-0.15, -0.1) is 11.3 Å². The molecular weight excluding hydrogens is 322 g/mol. The van der Waals surface area contributed by atoms with Crippen LogP contribution in [0.1, 0.15) is 28.1 Å². The number of aryl methyl sites for hydroxylation is 1. The maximum absolute atomic E-state index is 12.5. The zero-order valence-electron chi connectivity index (χ0n) is 13.5. The van der Waals surface area contributed by atoms with Gasteiger partial charge in [-0.1, -0.05) is 11.6 Å². The summed E-state index contributed by atoms with van der Waals surface area (Å²) in [6, 6.07) is 8.13. The third-order valence-corrected chi connectivity index (χ3v) is 5.50. The van der Waals surface area contributed by atoms with E-state index in [1.54, 1.807) is 0 Å². The zero-order chi connectivity index (χ0) is 16.7. The Morgan fingerprint density at radius 1 is 1.46 bits per heavy atom. The van der Waals surface area contributed by atoms with E-state index in [1.165, 1.54) is 16.9 Å².